The summed E-state index contributed by atoms with van der Waals surface area (Å²) in [5.41, 5.74) is 5.10. The van der Waals surface area contributed by atoms with Gasteiger partial charge in [-0.25, -0.2) is 0 Å². The summed E-state index contributed by atoms with van der Waals surface area (Å²) in [5, 5.41) is 4.89. The number of fused-ring (bicyclic) bond motifs is 2. The Morgan fingerprint density at radius 2 is 1.86 bits per heavy atom. The van der Waals surface area contributed by atoms with Crippen molar-refractivity contribution in [3.05, 3.63) is 32.3 Å². The lowest BCUT2D eigenvalue weighted by Crippen LogP contribution is -2.08. The Morgan fingerprint density at radius 3 is 2.67 bits per heavy atom. The normalized spacial score (nSPS) is 14.8. The Kier molecular flexibility index (Phi) is 4.85. The van der Waals surface area contributed by atoms with Gasteiger partial charge < -0.3 is 5.32 Å². The molecule has 4 heteroatoms. The lowest BCUT2D eigenvalue weighted by Gasteiger charge is -2.18. The van der Waals surface area contributed by atoms with Crippen molar-refractivity contribution < 1.29 is 0 Å². The van der Waals surface area contributed by atoms with E-state index in [9.17, 15) is 0 Å². The molecule has 0 saturated carbocycles. The van der Waals surface area contributed by atoms with Gasteiger partial charge >= 0.3 is 0 Å². The van der Waals surface area contributed by atoms with Gasteiger partial charge in [-0.1, -0.05) is 29.3 Å². The highest BCUT2D eigenvalue weighted by atomic mass is 79.9. The van der Waals surface area contributed by atoms with Crippen LogP contribution >= 0.6 is 31.9 Å². The molecule has 112 valence electrons. The Hall–Kier alpha value is -0.610. The van der Waals surface area contributed by atoms with Crippen LogP contribution in [0.15, 0.2) is 21.1 Å². The third-order valence-corrected chi connectivity index (χ3v) is 5.42. The van der Waals surface area contributed by atoms with E-state index in [0.29, 0.717) is 0 Å². The zero-order valence-electron chi connectivity index (χ0n) is 12.3. The van der Waals surface area contributed by atoms with Crippen LogP contribution < -0.4 is 5.32 Å². The van der Waals surface area contributed by atoms with Crippen molar-refractivity contribution >= 4 is 48.5 Å². The van der Waals surface area contributed by atoms with E-state index in [1.807, 2.05) is 0 Å². The highest BCUT2D eigenvalue weighted by molar-refractivity contribution is 9.11. The molecule has 0 aliphatic heterocycles. The molecule has 0 saturated heterocycles. The number of benzene rings is 1. The van der Waals surface area contributed by atoms with E-state index in [-0.39, 0.29) is 0 Å². The number of aryl methyl sites for hydroxylation is 1. The SMILES string of the molecule is CCCNc1c2c(nc3c(Br)ccc(Br)c13)CCCCC2. The quantitative estimate of drug-likeness (QED) is 0.640. The minimum absolute atomic E-state index is 1.00. The molecule has 21 heavy (non-hydrogen) atoms. The van der Waals surface area contributed by atoms with Crippen LogP contribution in [-0.2, 0) is 12.8 Å². The molecule has 1 aromatic carbocycles. The van der Waals surface area contributed by atoms with Gasteiger partial charge in [-0.15, -0.1) is 0 Å². The summed E-state index contributed by atoms with van der Waals surface area (Å²) < 4.78 is 2.20. The van der Waals surface area contributed by atoms with Crippen LogP contribution in [0, 0.1) is 0 Å². The number of halogens is 2. The van der Waals surface area contributed by atoms with Crippen molar-refractivity contribution in [1.29, 1.82) is 0 Å². The maximum Gasteiger partial charge on any atom is 0.0879 e. The molecule has 0 fully saturated rings. The van der Waals surface area contributed by atoms with Gasteiger partial charge in [0.15, 0.2) is 0 Å². The monoisotopic (exact) mass is 410 g/mol. The van der Waals surface area contributed by atoms with Crippen LogP contribution in [0.5, 0.6) is 0 Å². The molecule has 0 amide bonds. The molecule has 1 N–H and O–H groups in total. The minimum atomic E-state index is 1.00. The fraction of sp³-hybridized carbons (Fsp3) is 0.471. The van der Waals surface area contributed by atoms with Crippen molar-refractivity contribution in [3.8, 4) is 0 Å². The second-order valence-electron chi connectivity index (χ2n) is 5.65. The molecule has 0 spiro atoms. The lowest BCUT2D eigenvalue weighted by molar-refractivity contribution is 0.709. The first-order valence-electron chi connectivity index (χ1n) is 7.75. The number of aromatic nitrogens is 1. The largest absolute Gasteiger partial charge is 0.384 e. The maximum absolute atomic E-state index is 4.99. The average Bonchev–Trinajstić information content (AvgIpc) is 2.73. The topological polar surface area (TPSA) is 24.9 Å². The van der Waals surface area contributed by atoms with Gasteiger partial charge in [0, 0.05) is 32.3 Å². The predicted molar refractivity (Wildman–Crippen MR) is 97.2 cm³/mol. The standard InChI is InChI=1S/C17H20Br2N2/c1-2-10-20-16-11-6-4-3-5-7-14(11)21-17-13(19)9-8-12(18)15(16)17/h8-9H,2-7,10H2,1H3,(H,20,21). The lowest BCUT2D eigenvalue weighted by atomic mass is 10.0. The molecule has 1 aromatic heterocycles. The van der Waals surface area contributed by atoms with Crippen LogP contribution in [0.4, 0.5) is 5.69 Å². The van der Waals surface area contributed by atoms with Crippen LogP contribution in [0.3, 0.4) is 0 Å². The molecule has 2 aromatic rings. The van der Waals surface area contributed by atoms with E-state index in [2.05, 4.69) is 56.2 Å². The molecule has 2 nitrogen and oxygen atoms in total. The molecular formula is C17H20Br2N2. The number of nitrogens with zero attached hydrogens (tertiary/aromatic N) is 1. The molecule has 0 atom stereocenters. The van der Waals surface area contributed by atoms with Gasteiger partial charge in [0.05, 0.1) is 5.52 Å². The average molecular weight is 412 g/mol. The molecule has 0 bridgehead atoms. The molecule has 1 aliphatic carbocycles. The van der Waals surface area contributed by atoms with E-state index in [0.717, 1.165) is 40.3 Å². The molecule has 1 heterocycles. The van der Waals surface area contributed by atoms with E-state index in [1.54, 1.807) is 0 Å². The Morgan fingerprint density at radius 1 is 1.10 bits per heavy atom. The first kappa shape index (κ1) is 15.3. The summed E-state index contributed by atoms with van der Waals surface area (Å²) in [6, 6.07) is 4.18. The number of hydrogen-bond acceptors (Lipinski definition) is 2. The zero-order valence-corrected chi connectivity index (χ0v) is 15.5. The Balaban J connectivity index is 2.29. The summed E-state index contributed by atoms with van der Waals surface area (Å²) in [4.78, 5) is 4.99. The van der Waals surface area contributed by atoms with Crippen molar-refractivity contribution in [3.63, 3.8) is 0 Å². The molecule has 0 radical (unpaired) electrons. The second kappa shape index (κ2) is 6.66. The van der Waals surface area contributed by atoms with Gasteiger partial charge in [0.25, 0.3) is 0 Å². The fourth-order valence-corrected chi connectivity index (χ4v) is 4.02. The third-order valence-electron chi connectivity index (χ3n) is 4.12. The van der Waals surface area contributed by atoms with Crippen LogP contribution in [-0.4, -0.2) is 11.5 Å². The summed E-state index contributed by atoms with van der Waals surface area (Å²) in [6.07, 6.45) is 7.21. The molecular weight excluding hydrogens is 392 g/mol. The summed E-state index contributed by atoms with van der Waals surface area (Å²) >= 11 is 7.39. The summed E-state index contributed by atoms with van der Waals surface area (Å²) in [6.45, 7) is 3.21. The van der Waals surface area contributed by atoms with E-state index in [4.69, 9.17) is 4.98 Å². The van der Waals surface area contributed by atoms with Gasteiger partial charge in [0.2, 0.25) is 0 Å². The van der Waals surface area contributed by atoms with Gasteiger partial charge in [-0.2, -0.15) is 0 Å². The predicted octanol–water partition coefficient (Wildman–Crippen LogP) is 5.85. The van der Waals surface area contributed by atoms with E-state index < -0.39 is 0 Å². The first-order valence-corrected chi connectivity index (χ1v) is 9.34. The minimum Gasteiger partial charge on any atom is -0.384 e. The Bertz CT molecular complexity index is 668. The van der Waals surface area contributed by atoms with Gasteiger partial charge in [-0.05, 0) is 65.7 Å². The van der Waals surface area contributed by atoms with Crippen molar-refractivity contribution in [2.75, 3.05) is 11.9 Å². The van der Waals surface area contributed by atoms with E-state index >= 15 is 0 Å². The second-order valence-corrected chi connectivity index (χ2v) is 7.36. The van der Waals surface area contributed by atoms with Crippen LogP contribution in [0.2, 0.25) is 0 Å². The van der Waals surface area contributed by atoms with Gasteiger partial charge in [-0.3, -0.25) is 4.98 Å². The highest BCUT2D eigenvalue weighted by Crippen LogP contribution is 2.39. The maximum atomic E-state index is 4.99. The Labute approximate surface area is 143 Å². The molecule has 0 unspecified atom stereocenters. The van der Waals surface area contributed by atoms with Crippen molar-refractivity contribution in [2.45, 2.75) is 45.4 Å². The number of nitrogens with one attached hydrogen (secondary N) is 1. The van der Waals surface area contributed by atoms with Crippen molar-refractivity contribution in [1.82, 2.24) is 4.98 Å². The smallest absolute Gasteiger partial charge is 0.0879 e. The van der Waals surface area contributed by atoms with Gasteiger partial charge in [0.1, 0.15) is 0 Å². The third kappa shape index (κ3) is 2.98. The zero-order chi connectivity index (χ0) is 14.8. The summed E-state index contributed by atoms with van der Waals surface area (Å²) in [5.74, 6) is 0. The molecule has 1 aliphatic rings. The molecule has 3 rings (SSSR count). The number of hydrogen-bond donors (Lipinski definition) is 1. The first-order chi connectivity index (χ1) is 10.2. The van der Waals surface area contributed by atoms with Crippen molar-refractivity contribution in [2.24, 2.45) is 0 Å². The number of rotatable bonds is 3. The van der Waals surface area contributed by atoms with Crippen LogP contribution in [0.25, 0.3) is 10.9 Å². The highest BCUT2D eigenvalue weighted by Gasteiger charge is 2.19. The fourth-order valence-electron chi connectivity index (χ4n) is 3.08. The van der Waals surface area contributed by atoms with Crippen LogP contribution in [0.1, 0.15) is 43.9 Å². The summed E-state index contributed by atoms with van der Waals surface area (Å²) in [7, 11) is 0. The number of anilines is 1. The van der Waals surface area contributed by atoms with E-state index in [1.165, 1.54) is 41.6 Å². The number of pyridine rings is 1.